The van der Waals surface area contributed by atoms with Gasteiger partial charge in [-0.25, -0.2) is 9.97 Å². The van der Waals surface area contributed by atoms with Crippen LogP contribution in [0.1, 0.15) is 76.1 Å². The second-order valence-electron chi connectivity index (χ2n) is 10.6. The Labute approximate surface area is 208 Å². The summed E-state index contributed by atoms with van der Waals surface area (Å²) in [5, 5.41) is 12.7. The van der Waals surface area contributed by atoms with Crippen molar-refractivity contribution < 1.29 is 19.5 Å². The van der Waals surface area contributed by atoms with E-state index >= 15 is 0 Å². The van der Waals surface area contributed by atoms with Gasteiger partial charge in [0.05, 0.1) is 11.7 Å². The highest BCUT2D eigenvalue weighted by Crippen LogP contribution is 2.24. The molecule has 0 aliphatic carbocycles. The normalized spacial score (nSPS) is 19.7. The molecule has 0 bridgehead atoms. The summed E-state index contributed by atoms with van der Waals surface area (Å²) >= 11 is 0. The second-order valence-corrected chi connectivity index (χ2v) is 10.6. The van der Waals surface area contributed by atoms with Crippen LogP contribution < -0.4 is 10.2 Å². The van der Waals surface area contributed by atoms with E-state index in [2.05, 4.69) is 26.3 Å². The van der Waals surface area contributed by atoms with Gasteiger partial charge in [-0.2, -0.15) is 0 Å². The Bertz CT molecular complexity index is 909. The lowest BCUT2D eigenvalue weighted by Crippen LogP contribution is -2.54. The summed E-state index contributed by atoms with van der Waals surface area (Å²) in [7, 11) is 0. The molecule has 9 heteroatoms. The van der Waals surface area contributed by atoms with Crippen LogP contribution in [0, 0.1) is 5.41 Å². The number of aromatic nitrogens is 2. The van der Waals surface area contributed by atoms with Crippen molar-refractivity contribution in [3.8, 4) is 0 Å². The summed E-state index contributed by atoms with van der Waals surface area (Å²) < 4.78 is 0. The van der Waals surface area contributed by atoms with Crippen LogP contribution in [0.3, 0.4) is 0 Å². The summed E-state index contributed by atoms with van der Waals surface area (Å²) in [5.41, 5.74) is 1.23. The van der Waals surface area contributed by atoms with Gasteiger partial charge in [0, 0.05) is 45.0 Å². The first-order valence-electron chi connectivity index (χ1n) is 12.7. The molecule has 0 unspecified atom stereocenters. The van der Waals surface area contributed by atoms with Gasteiger partial charge in [-0.3, -0.25) is 9.59 Å². The SMILES string of the molecule is CC(C)(C)[C@H](NC(=O)c1cnc(N2CCC=C(CCCCC=O)CC2)nc1)C(=O)N1CC[C@@H](O)C1. The number of carbonyl (C=O) groups is 3. The van der Waals surface area contributed by atoms with Crippen molar-refractivity contribution in [1.29, 1.82) is 0 Å². The van der Waals surface area contributed by atoms with Crippen LogP contribution in [0.15, 0.2) is 24.0 Å². The van der Waals surface area contributed by atoms with Crippen molar-refractivity contribution in [2.45, 2.75) is 77.9 Å². The number of hydrogen-bond acceptors (Lipinski definition) is 7. The van der Waals surface area contributed by atoms with Crippen LogP contribution in [0.2, 0.25) is 0 Å². The number of amides is 2. The monoisotopic (exact) mass is 485 g/mol. The maximum atomic E-state index is 13.1. The zero-order valence-corrected chi connectivity index (χ0v) is 21.2. The van der Waals surface area contributed by atoms with Crippen LogP contribution in [-0.4, -0.2) is 76.4 Å². The van der Waals surface area contributed by atoms with Crippen molar-refractivity contribution in [2.24, 2.45) is 5.41 Å². The van der Waals surface area contributed by atoms with Crippen molar-refractivity contribution in [1.82, 2.24) is 20.2 Å². The van der Waals surface area contributed by atoms with Gasteiger partial charge in [0.2, 0.25) is 11.9 Å². The lowest BCUT2D eigenvalue weighted by molar-refractivity contribution is -0.135. The quantitative estimate of drug-likeness (QED) is 0.314. The number of aliphatic hydroxyl groups is 1. The molecule has 2 aliphatic rings. The largest absolute Gasteiger partial charge is 0.391 e. The molecule has 192 valence electrons. The summed E-state index contributed by atoms with van der Waals surface area (Å²) in [6, 6.07) is -0.721. The number of nitrogens with zero attached hydrogens (tertiary/aromatic N) is 4. The maximum absolute atomic E-state index is 13.1. The van der Waals surface area contributed by atoms with Crippen molar-refractivity contribution in [3.05, 3.63) is 29.6 Å². The molecule has 2 N–H and O–H groups in total. The van der Waals surface area contributed by atoms with Gasteiger partial charge in [-0.05, 0) is 43.9 Å². The fraction of sp³-hybridized carbons (Fsp3) is 0.654. The van der Waals surface area contributed by atoms with Crippen LogP contribution >= 0.6 is 0 Å². The van der Waals surface area contributed by atoms with E-state index in [-0.39, 0.29) is 11.8 Å². The molecule has 0 aromatic carbocycles. The molecule has 1 saturated heterocycles. The van der Waals surface area contributed by atoms with E-state index in [1.54, 1.807) is 4.90 Å². The number of nitrogens with one attached hydrogen (secondary N) is 1. The number of β-amino-alcohol motifs (C(OH)–C–C–N with tert-alkyl or cyclic N) is 1. The molecule has 0 spiro atoms. The molecule has 1 aromatic rings. The van der Waals surface area contributed by atoms with E-state index in [0.29, 0.717) is 37.4 Å². The van der Waals surface area contributed by atoms with E-state index < -0.39 is 17.6 Å². The predicted molar refractivity (Wildman–Crippen MR) is 134 cm³/mol. The minimum absolute atomic E-state index is 0.182. The van der Waals surface area contributed by atoms with Gasteiger partial charge in [-0.1, -0.05) is 32.4 Å². The predicted octanol–water partition coefficient (Wildman–Crippen LogP) is 2.50. The molecule has 1 aromatic heterocycles. The number of carbonyl (C=O) groups excluding carboxylic acids is 3. The first-order valence-corrected chi connectivity index (χ1v) is 12.7. The Morgan fingerprint density at radius 3 is 2.57 bits per heavy atom. The van der Waals surface area contributed by atoms with E-state index in [1.807, 2.05) is 20.8 Å². The number of aldehydes is 1. The highest BCUT2D eigenvalue weighted by molar-refractivity contribution is 5.97. The first kappa shape index (κ1) is 26.8. The third-order valence-electron chi connectivity index (χ3n) is 6.65. The van der Waals surface area contributed by atoms with E-state index in [1.165, 1.54) is 18.0 Å². The second kappa shape index (κ2) is 12.2. The number of rotatable bonds is 9. The molecule has 2 amide bonds. The average Bonchev–Trinajstić information content (AvgIpc) is 3.12. The standard InChI is InChI=1S/C26H39N5O4/c1-26(2,3)22(24(35)31-14-11-21(33)18-31)29-23(34)20-16-27-25(28-17-20)30-12-7-9-19(10-13-30)8-5-4-6-15-32/h9,15-17,21-22,33H,4-8,10-14,18H2,1-3H3,(H,29,34)/t21-,22-/m1/s1. The average molecular weight is 486 g/mol. The number of anilines is 1. The van der Waals surface area contributed by atoms with Crippen LogP contribution in [-0.2, 0) is 9.59 Å². The lowest BCUT2D eigenvalue weighted by atomic mass is 9.85. The number of unbranched alkanes of at least 4 members (excludes halogenated alkanes) is 2. The van der Waals surface area contributed by atoms with Gasteiger partial charge < -0.3 is 25.0 Å². The van der Waals surface area contributed by atoms with Gasteiger partial charge in [0.1, 0.15) is 12.3 Å². The summed E-state index contributed by atoms with van der Waals surface area (Å²) in [6.45, 7) is 8.14. The van der Waals surface area contributed by atoms with E-state index in [0.717, 1.165) is 51.5 Å². The minimum atomic E-state index is -0.721. The molecule has 35 heavy (non-hydrogen) atoms. The summed E-state index contributed by atoms with van der Waals surface area (Å²) in [4.78, 5) is 49.1. The smallest absolute Gasteiger partial charge is 0.255 e. The van der Waals surface area contributed by atoms with Crippen molar-refractivity contribution in [2.75, 3.05) is 31.1 Å². The number of likely N-dealkylation sites (tertiary alicyclic amines) is 1. The van der Waals surface area contributed by atoms with E-state index in [4.69, 9.17) is 0 Å². The summed E-state index contributed by atoms with van der Waals surface area (Å²) in [5.74, 6) is 0.0188. The third kappa shape index (κ3) is 7.59. The molecular formula is C26H39N5O4. The molecule has 0 radical (unpaired) electrons. The van der Waals surface area contributed by atoms with Crippen molar-refractivity contribution in [3.63, 3.8) is 0 Å². The minimum Gasteiger partial charge on any atom is -0.391 e. The molecule has 3 rings (SSSR count). The van der Waals surface area contributed by atoms with Gasteiger partial charge in [0.25, 0.3) is 5.91 Å². The van der Waals surface area contributed by atoms with Crippen LogP contribution in [0.4, 0.5) is 5.95 Å². The zero-order chi connectivity index (χ0) is 25.4. The lowest BCUT2D eigenvalue weighted by Gasteiger charge is -2.33. The maximum Gasteiger partial charge on any atom is 0.255 e. The van der Waals surface area contributed by atoms with Gasteiger partial charge in [-0.15, -0.1) is 0 Å². The molecular weight excluding hydrogens is 446 g/mol. The van der Waals surface area contributed by atoms with Crippen LogP contribution in [0.25, 0.3) is 0 Å². The molecule has 1 fully saturated rings. The Morgan fingerprint density at radius 2 is 1.94 bits per heavy atom. The highest BCUT2D eigenvalue weighted by atomic mass is 16.3. The highest BCUT2D eigenvalue weighted by Gasteiger charge is 2.38. The third-order valence-corrected chi connectivity index (χ3v) is 6.65. The van der Waals surface area contributed by atoms with Gasteiger partial charge in [0.15, 0.2) is 0 Å². The Balaban J connectivity index is 1.58. The first-order chi connectivity index (χ1) is 16.7. The summed E-state index contributed by atoms with van der Waals surface area (Å²) in [6.07, 6.45) is 11.8. The number of aliphatic hydroxyl groups excluding tert-OH is 1. The molecule has 3 heterocycles. The van der Waals surface area contributed by atoms with Crippen LogP contribution in [0.5, 0.6) is 0 Å². The fourth-order valence-electron chi connectivity index (χ4n) is 4.51. The Kier molecular flexibility index (Phi) is 9.37. The van der Waals surface area contributed by atoms with E-state index in [9.17, 15) is 19.5 Å². The molecule has 0 saturated carbocycles. The Hall–Kier alpha value is -2.81. The zero-order valence-electron chi connectivity index (χ0n) is 21.2. The topological polar surface area (TPSA) is 116 Å². The van der Waals surface area contributed by atoms with Gasteiger partial charge >= 0.3 is 0 Å². The van der Waals surface area contributed by atoms with Crippen molar-refractivity contribution >= 4 is 24.0 Å². The molecule has 2 aliphatic heterocycles. The molecule has 9 nitrogen and oxygen atoms in total. The fourth-order valence-corrected chi connectivity index (χ4v) is 4.51. The number of hydrogen-bond donors (Lipinski definition) is 2. The molecule has 2 atom stereocenters. The Morgan fingerprint density at radius 1 is 1.20 bits per heavy atom.